The van der Waals surface area contributed by atoms with E-state index in [9.17, 15) is 4.79 Å². The Kier molecular flexibility index (Phi) is 4.82. The summed E-state index contributed by atoms with van der Waals surface area (Å²) in [6.45, 7) is 7.64. The number of aliphatic hydroxyl groups excluding tert-OH is 1. The monoisotopic (exact) mass is 267 g/mol. The quantitative estimate of drug-likeness (QED) is 0.700. The van der Waals surface area contributed by atoms with Crippen molar-refractivity contribution < 1.29 is 9.90 Å². The second-order valence-electron chi connectivity index (χ2n) is 5.62. The lowest BCUT2D eigenvalue weighted by molar-refractivity contribution is 0.180. The number of hydrogen-bond acceptors (Lipinski definition) is 3. The molecule has 2 fully saturated rings. The van der Waals surface area contributed by atoms with Crippen LogP contribution in [0.3, 0.4) is 0 Å². The number of carbonyl (C=O) groups excluding carboxylic acids is 1. The maximum atomic E-state index is 12.1. The Morgan fingerprint density at radius 2 is 2.32 bits per heavy atom. The summed E-state index contributed by atoms with van der Waals surface area (Å²) in [6.07, 6.45) is 5.31. The Labute approximate surface area is 115 Å². The summed E-state index contributed by atoms with van der Waals surface area (Å²) >= 11 is 0. The van der Waals surface area contributed by atoms with Gasteiger partial charge in [0.1, 0.15) is 0 Å². The molecule has 2 amide bonds. The molecule has 2 unspecified atom stereocenters. The molecule has 1 saturated carbocycles. The van der Waals surface area contributed by atoms with Crippen LogP contribution in [-0.4, -0.2) is 65.3 Å². The van der Waals surface area contributed by atoms with Gasteiger partial charge in [0, 0.05) is 37.8 Å². The predicted octanol–water partition coefficient (Wildman–Crippen LogP) is 0.801. The van der Waals surface area contributed by atoms with Crippen molar-refractivity contribution in [1.29, 1.82) is 0 Å². The largest absolute Gasteiger partial charge is 0.395 e. The third-order valence-electron chi connectivity index (χ3n) is 3.97. The zero-order valence-electron chi connectivity index (χ0n) is 11.7. The maximum absolute atomic E-state index is 12.1. The lowest BCUT2D eigenvalue weighted by Crippen LogP contribution is -2.46. The van der Waals surface area contributed by atoms with Gasteiger partial charge >= 0.3 is 6.03 Å². The highest BCUT2D eigenvalue weighted by Crippen LogP contribution is 2.33. The van der Waals surface area contributed by atoms with Crippen LogP contribution in [0.25, 0.3) is 0 Å². The highest BCUT2D eigenvalue weighted by atomic mass is 16.3. The SMILES string of the molecule is C=CCN(CCO)C(=O)NC1CC(C)N(C2CC2)C1. The van der Waals surface area contributed by atoms with Crippen LogP contribution in [0.5, 0.6) is 0 Å². The van der Waals surface area contributed by atoms with Crippen LogP contribution in [0.4, 0.5) is 4.79 Å². The highest BCUT2D eigenvalue weighted by molar-refractivity contribution is 5.74. The van der Waals surface area contributed by atoms with E-state index >= 15 is 0 Å². The smallest absolute Gasteiger partial charge is 0.318 e. The number of amides is 2. The molecule has 0 spiro atoms. The first-order valence-corrected chi connectivity index (χ1v) is 7.18. The second kappa shape index (κ2) is 6.39. The van der Waals surface area contributed by atoms with Crippen LogP contribution in [-0.2, 0) is 0 Å². The number of nitrogens with one attached hydrogen (secondary N) is 1. The number of nitrogens with zero attached hydrogens (tertiary/aromatic N) is 2. The summed E-state index contributed by atoms with van der Waals surface area (Å²) in [4.78, 5) is 16.2. The first kappa shape index (κ1) is 14.3. The van der Waals surface area contributed by atoms with E-state index in [1.165, 1.54) is 12.8 Å². The van der Waals surface area contributed by atoms with E-state index in [0.29, 0.717) is 19.1 Å². The van der Waals surface area contributed by atoms with E-state index in [1.54, 1.807) is 11.0 Å². The molecule has 0 bridgehead atoms. The number of urea groups is 1. The minimum atomic E-state index is -0.0937. The lowest BCUT2D eigenvalue weighted by atomic mass is 10.2. The predicted molar refractivity (Wildman–Crippen MR) is 75.0 cm³/mol. The van der Waals surface area contributed by atoms with Gasteiger partial charge in [-0.15, -0.1) is 6.58 Å². The van der Waals surface area contributed by atoms with Gasteiger partial charge in [-0.3, -0.25) is 4.90 Å². The van der Waals surface area contributed by atoms with Crippen molar-refractivity contribution in [3.8, 4) is 0 Å². The Morgan fingerprint density at radius 1 is 1.58 bits per heavy atom. The van der Waals surface area contributed by atoms with Crippen LogP contribution in [0, 0.1) is 0 Å². The van der Waals surface area contributed by atoms with E-state index in [0.717, 1.165) is 19.0 Å². The normalized spacial score (nSPS) is 27.3. The third-order valence-corrected chi connectivity index (χ3v) is 3.97. The molecule has 5 nitrogen and oxygen atoms in total. The Bertz CT molecular complexity index is 331. The molecule has 1 aliphatic heterocycles. The number of carbonyl (C=O) groups is 1. The molecule has 19 heavy (non-hydrogen) atoms. The van der Waals surface area contributed by atoms with Gasteiger partial charge in [0.2, 0.25) is 0 Å². The minimum absolute atomic E-state index is 0.0173. The molecular weight excluding hydrogens is 242 g/mol. The molecule has 0 aromatic rings. The number of likely N-dealkylation sites (tertiary alicyclic amines) is 1. The molecule has 0 aromatic carbocycles. The Balaban J connectivity index is 1.82. The fourth-order valence-electron chi connectivity index (χ4n) is 2.89. The highest BCUT2D eigenvalue weighted by Gasteiger charge is 2.39. The summed E-state index contributed by atoms with van der Waals surface area (Å²) in [5.41, 5.74) is 0. The molecule has 0 aromatic heterocycles. The molecule has 2 N–H and O–H groups in total. The molecule has 5 heteroatoms. The Morgan fingerprint density at radius 3 is 2.89 bits per heavy atom. The molecular formula is C14H25N3O2. The number of hydrogen-bond donors (Lipinski definition) is 2. The average Bonchev–Trinajstić information content (AvgIpc) is 3.14. The maximum Gasteiger partial charge on any atom is 0.318 e. The summed E-state index contributed by atoms with van der Waals surface area (Å²) < 4.78 is 0. The zero-order chi connectivity index (χ0) is 13.8. The molecule has 2 rings (SSSR count). The van der Waals surface area contributed by atoms with Crippen molar-refractivity contribution in [3.05, 3.63) is 12.7 Å². The number of aliphatic hydroxyl groups is 1. The van der Waals surface area contributed by atoms with Crippen LogP contribution in [0.1, 0.15) is 26.2 Å². The van der Waals surface area contributed by atoms with Gasteiger partial charge < -0.3 is 15.3 Å². The first-order valence-electron chi connectivity index (χ1n) is 7.18. The van der Waals surface area contributed by atoms with Gasteiger partial charge in [-0.2, -0.15) is 0 Å². The third kappa shape index (κ3) is 3.70. The topological polar surface area (TPSA) is 55.8 Å². The van der Waals surface area contributed by atoms with Crippen LogP contribution in [0.2, 0.25) is 0 Å². The van der Waals surface area contributed by atoms with Crippen molar-refractivity contribution in [2.45, 2.75) is 44.3 Å². The van der Waals surface area contributed by atoms with Crippen molar-refractivity contribution in [2.24, 2.45) is 0 Å². The average molecular weight is 267 g/mol. The van der Waals surface area contributed by atoms with Gasteiger partial charge in [-0.1, -0.05) is 6.08 Å². The summed E-state index contributed by atoms with van der Waals surface area (Å²) in [6, 6.07) is 1.44. The minimum Gasteiger partial charge on any atom is -0.395 e. The van der Waals surface area contributed by atoms with E-state index < -0.39 is 0 Å². The zero-order valence-corrected chi connectivity index (χ0v) is 11.7. The van der Waals surface area contributed by atoms with E-state index in [4.69, 9.17) is 5.11 Å². The second-order valence-corrected chi connectivity index (χ2v) is 5.62. The van der Waals surface area contributed by atoms with Crippen LogP contribution < -0.4 is 5.32 Å². The van der Waals surface area contributed by atoms with Crippen molar-refractivity contribution in [3.63, 3.8) is 0 Å². The first-order chi connectivity index (χ1) is 9.15. The Hall–Kier alpha value is -1.07. The van der Waals surface area contributed by atoms with Crippen molar-refractivity contribution in [1.82, 2.24) is 15.1 Å². The van der Waals surface area contributed by atoms with Gasteiger partial charge in [0.15, 0.2) is 0 Å². The summed E-state index contributed by atoms with van der Waals surface area (Å²) in [7, 11) is 0. The van der Waals surface area contributed by atoms with Crippen molar-refractivity contribution >= 4 is 6.03 Å². The van der Waals surface area contributed by atoms with E-state index in [-0.39, 0.29) is 18.7 Å². The van der Waals surface area contributed by atoms with Gasteiger partial charge in [-0.05, 0) is 26.2 Å². The summed E-state index contributed by atoms with van der Waals surface area (Å²) in [5.74, 6) is 0. The molecule has 1 saturated heterocycles. The van der Waals surface area contributed by atoms with Crippen LogP contribution in [0.15, 0.2) is 12.7 Å². The summed E-state index contributed by atoms with van der Waals surface area (Å²) in [5, 5.41) is 12.1. The number of rotatable bonds is 6. The van der Waals surface area contributed by atoms with Gasteiger partial charge in [0.25, 0.3) is 0 Å². The van der Waals surface area contributed by atoms with Crippen molar-refractivity contribution in [2.75, 3.05) is 26.2 Å². The standard InChI is InChI=1S/C14H25N3O2/c1-3-6-16(7-8-18)14(19)15-12-9-11(2)17(10-12)13-4-5-13/h3,11-13,18H,1,4-10H2,2H3,(H,15,19). The molecule has 2 aliphatic rings. The van der Waals surface area contributed by atoms with E-state index in [1.807, 2.05) is 0 Å². The fourth-order valence-corrected chi connectivity index (χ4v) is 2.89. The van der Waals surface area contributed by atoms with E-state index in [2.05, 4.69) is 23.7 Å². The fraction of sp³-hybridized carbons (Fsp3) is 0.786. The molecule has 108 valence electrons. The van der Waals surface area contributed by atoms with Crippen LogP contribution >= 0.6 is 0 Å². The molecule has 2 atom stereocenters. The molecule has 1 heterocycles. The van der Waals surface area contributed by atoms with Gasteiger partial charge in [0.05, 0.1) is 6.61 Å². The molecule has 0 radical (unpaired) electrons. The lowest BCUT2D eigenvalue weighted by Gasteiger charge is -2.23. The van der Waals surface area contributed by atoms with Gasteiger partial charge in [-0.25, -0.2) is 4.79 Å². The molecule has 1 aliphatic carbocycles.